The molecule has 2 amide bonds. The van der Waals surface area contributed by atoms with Gasteiger partial charge in [0.05, 0.1) is 41.0 Å². The number of benzene rings is 1. The SMILES string of the molecule is CCOC(=O)c1c(NC(=O)CSCC(=O)N=c2sc3cc(OC)ccc3n2CC)sc2c1CCC(C)C2. The van der Waals surface area contributed by atoms with Crippen molar-refractivity contribution in [3.63, 3.8) is 0 Å². The minimum atomic E-state index is -0.392. The zero-order valence-corrected chi connectivity index (χ0v) is 23.9. The molecular formula is C26H31N3O5S3. The maximum atomic E-state index is 12.7. The number of amides is 2. The van der Waals surface area contributed by atoms with E-state index in [2.05, 4.69) is 17.2 Å². The van der Waals surface area contributed by atoms with Gasteiger partial charge in [-0.25, -0.2) is 4.79 Å². The summed E-state index contributed by atoms with van der Waals surface area (Å²) in [7, 11) is 1.62. The Hall–Kier alpha value is -2.63. The average molecular weight is 562 g/mol. The van der Waals surface area contributed by atoms with Crippen LogP contribution in [0, 0.1) is 5.92 Å². The standard InChI is InChI=1S/C26H31N3O5S3/c1-5-29-18-10-8-16(33-4)12-20(18)37-26(29)28-22(31)14-35-13-21(30)27-24-23(25(32)34-6-2)17-9-7-15(3)11-19(17)36-24/h8,10,12,15H,5-7,9,11,13-14H2,1-4H3,(H,27,30). The molecule has 3 aromatic rings. The molecule has 0 saturated heterocycles. The Morgan fingerprint density at radius 2 is 2.03 bits per heavy atom. The van der Waals surface area contributed by atoms with Crippen LogP contribution >= 0.6 is 34.4 Å². The zero-order chi connectivity index (χ0) is 26.5. The van der Waals surface area contributed by atoms with Gasteiger partial charge in [-0.3, -0.25) is 9.59 Å². The molecule has 1 aliphatic carbocycles. The second-order valence-electron chi connectivity index (χ2n) is 8.79. The largest absolute Gasteiger partial charge is 0.497 e. The van der Waals surface area contributed by atoms with Gasteiger partial charge in [0.2, 0.25) is 5.91 Å². The third kappa shape index (κ3) is 6.27. The highest BCUT2D eigenvalue weighted by Gasteiger charge is 2.29. The van der Waals surface area contributed by atoms with E-state index < -0.39 is 5.97 Å². The Morgan fingerprint density at radius 1 is 1.22 bits per heavy atom. The predicted octanol–water partition coefficient (Wildman–Crippen LogP) is 4.89. The molecule has 1 aliphatic rings. The first-order valence-corrected chi connectivity index (χ1v) is 15.1. The van der Waals surface area contributed by atoms with Crippen LogP contribution in [0.3, 0.4) is 0 Å². The summed E-state index contributed by atoms with van der Waals surface area (Å²) in [4.78, 5) is 44.0. The normalized spacial score (nSPS) is 15.5. The van der Waals surface area contributed by atoms with Gasteiger partial charge in [0.1, 0.15) is 10.8 Å². The van der Waals surface area contributed by atoms with Crippen LogP contribution < -0.4 is 14.9 Å². The lowest BCUT2D eigenvalue weighted by molar-refractivity contribution is -0.115. The average Bonchev–Trinajstić information content (AvgIpc) is 3.39. The van der Waals surface area contributed by atoms with Gasteiger partial charge in [-0.05, 0) is 62.8 Å². The van der Waals surface area contributed by atoms with Crippen LogP contribution in [0.2, 0.25) is 0 Å². The van der Waals surface area contributed by atoms with Crippen LogP contribution in [-0.4, -0.2) is 47.6 Å². The Bertz CT molecular complexity index is 1390. The van der Waals surface area contributed by atoms with Crippen LogP contribution in [0.5, 0.6) is 5.75 Å². The molecule has 4 rings (SSSR count). The number of carbonyl (C=O) groups excluding carboxylic acids is 3. The Balaban J connectivity index is 1.41. The van der Waals surface area contributed by atoms with E-state index in [9.17, 15) is 14.4 Å². The second-order valence-corrected chi connectivity index (χ2v) is 11.9. The van der Waals surface area contributed by atoms with E-state index in [0.717, 1.165) is 45.7 Å². The number of esters is 1. The number of thiazole rings is 1. The maximum Gasteiger partial charge on any atom is 0.341 e. The molecule has 1 aromatic carbocycles. The molecular weight excluding hydrogens is 531 g/mol. The van der Waals surface area contributed by atoms with E-state index in [1.165, 1.54) is 34.4 Å². The topological polar surface area (TPSA) is 99.0 Å². The summed E-state index contributed by atoms with van der Waals surface area (Å²) in [5.74, 6) is 0.515. The van der Waals surface area contributed by atoms with Crippen LogP contribution in [0.4, 0.5) is 5.00 Å². The summed E-state index contributed by atoms with van der Waals surface area (Å²) >= 11 is 4.10. The first kappa shape index (κ1) is 27.4. The lowest BCUT2D eigenvalue weighted by atomic mass is 9.88. The molecule has 1 N–H and O–H groups in total. The van der Waals surface area contributed by atoms with E-state index in [1.807, 2.05) is 29.7 Å². The number of nitrogens with one attached hydrogen (secondary N) is 1. The number of fused-ring (bicyclic) bond motifs is 2. The summed E-state index contributed by atoms with van der Waals surface area (Å²) in [5.41, 5.74) is 2.49. The van der Waals surface area contributed by atoms with Crippen molar-refractivity contribution < 1.29 is 23.9 Å². The van der Waals surface area contributed by atoms with E-state index in [-0.39, 0.29) is 29.9 Å². The monoisotopic (exact) mass is 561 g/mol. The molecule has 2 aromatic heterocycles. The van der Waals surface area contributed by atoms with E-state index in [4.69, 9.17) is 9.47 Å². The number of thiophene rings is 1. The molecule has 8 nitrogen and oxygen atoms in total. The Kier molecular flexibility index (Phi) is 9.09. The number of hydrogen-bond acceptors (Lipinski definition) is 8. The first-order valence-electron chi connectivity index (χ1n) is 12.3. The molecule has 0 spiro atoms. The molecule has 1 unspecified atom stereocenters. The Morgan fingerprint density at radius 3 is 2.76 bits per heavy atom. The number of anilines is 1. The van der Waals surface area contributed by atoms with Gasteiger partial charge in [-0.15, -0.1) is 23.1 Å². The number of methoxy groups -OCH3 is 1. The van der Waals surface area contributed by atoms with Gasteiger partial charge in [-0.1, -0.05) is 18.3 Å². The van der Waals surface area contributed by atoms with Gasteiger partial charge in [0, 0.05) is 11.4 Å². The van der Waals surface area contributed by atoms with Crippen LogP contribution in [0.15, 0.2) is 23.2 Å². The molecule has 2 heterocycles. The lowest BCUT2D eigenvalue weighted by Gasteiger charge is -2.18. The third-order valence-electron chi connectivity index (χ3n) is 6.13. The van der Waals surface area contributed by atoms with Crippen molar-refractivity contribution in [1.29, 1.82) is 0 Å². The highest BCUT2D eigenvalue weighted by molar-refractivity contribution is 8.00. The first-order chi connectivity index (χ1) is 17.8. The van der Waals surface area contributed by atoms with Crippen molar-refractivity contribution in [2.75, 3.05) is 30.5 Å². The fourth-order valence-corrected chi connectivity index (χ4v) is 7.52. The highest BCUT2D eigenvalue weighted by atomic mass is 32.2. The number of nitrogens with zero attached hydrogens (tertiary/aromatic N) is 2. The molecule has 1 atom stereocenters. The fraction of sp³-hybridized carbons (Fsp3) is 0.462. The van der Waals surface area contributed by atoms with Crippen molar-refractivity contribution in [3.8, 4) is 5.75 Å². The van der Waals surface area contributed by atoms with Gasteiger partial charge >= 0.3 is 5.97 Å². The van der Waals surface area contributed by atoms with E-state index >= 15 is 0 Å². The minimum absolute atomic E-state index is 0.0812. The summed E-state index contributed by atoms with van der Waals surface area (Å²) < 4.78 is 13.6. The highest BCUT2D eigenvalue weighted by Crippen LogP contribution is 2.40. The molecule has 0 bridgehead atoms. The molecule has 37 heavy (non-hydrogen) atoms. The summed E-state index contributed by atoms with van der Waals surface area (Å²) in [6, 6.07) is 5.78. The van der Waals surface area contributed by atoms with Crippen molar-refractivity contribution in [1.82, 2.24) is 4.57 Å². The number of aromatic nitrogens is 1. The van der Waals surface area contributed by atoms with E-state index in [0.29, 0.717) is 27.8 Å². The zero-order valence-electron chi connectivity index (χ0n) is 21.4. The van der Waals surface area contributed by atoms with E-state index in [1.54, 1.807) is 14.0 Å². The number of hydrogen-bond donors (Lipinski definition) is 1. The predicted molar refractivity (Wildman–Crippen MR) is 150 cm³/mol. The van der Waals surface area contributed by atoms with Gasteiger partial charge in [-0.2, -0.15) is 4.99 Å². The van der Waals surface area contributed by atoms with Crippen molar-refractivity contribution in [2.45, 2.75) is 46.6 Å². The molecule has 0 radical (unpaired) electrons. The molecule has 0 saturated carbocycles. The van der Waals surface area contributed by atoms with Crippen LogP contribution in [-0.2, 0) is 33.7 Å². The molecule has 0 aliphatic heterocycles. The molecule has 198 valence electrons. The molecule has 0 fully saturated rings. The van der Waals surface area contributed by atoms with Crippen LogP contribution in [0.25, 0.3) is 10.2 Å². The number of carbonyl (C=O) groups is 3. The number of ether oxygens (including phenoxy) is 2. The quantitative estimate of drug-likeness (QED) is 0.374. The van der Waals surface area contributed by atoms with Gasteiger partial charge < -0.3 is 19.4 Å². The third-order valence-corrected chi connectivity index (χ3v) is 9.26. The number of thioether (sulfide) groups is 1. The molecule has 11 heteroatoms. The van der Waals surface area contributed by atoms with Crippen LogP contribution in [0.1, 0.15) is 48.0 Å². The summed E-state index contributed by atoms with van der Waals surface area (Å²) in [6.07, 6.45) is 2.72. The van der Waals surface area contributed by atoms with Gasteiger partial charge in [0.15, 0.2) is 4.80 Å². The minimum Gasteiger partial charge on any atom is -0.497 e. The Labute approximate surface area is 228 Å². The van der Waals surface area contributed by atoms with Crippen molar-refractivity contribution in [2.24, 2.45) is 10.9 Å². The van der Waals surface area contributed by atoms with Gasteiger partial charge in [0.25, 0.3) is 5.91 Å². The number of rotatable bonds is 9. The summed E-state index contributed by atoms with van der Waals surface area (Å²) in [5, 5.41) is 3.44. The fourth-order valence-electron chi connectivity index (χ4n) is 4.36. The lowest BCUT2D eigenvalue weighted by Crippen LogP contribution is -2.19. The summed E-state index contributed by atoms with van der Waals surface area (Å²) in [6.45, 7) is 6.93. The smallest absolute Gasteiger partial charge is 0.341 e. The second kappa shape index (κ2) is 12.3. The maximum absolute atomic E-state index is 12.7. The van der Waals surface area contributed by atoms with Crippen molar-refractivity contribution >= 4 is 67.4 Å². The van der Waals surface area contributed by atoms with Crippen molar-refractivity contribution in [3.05, 3.63) is 39.0 Å². The number of aryl methyl sites for hydroxylation is 1.